The maximum absolute atomic E-state index is 5.17. The zero-order valence-electron chi connectivity index (χ0n) is 11.6. The average molecular weight is 248 g/mol. The highest BCUT2D eigenvalue weighted by Crippen LogP contribution is 2.22. The zero-order valence-corrected chi connectivity index (χ0v) is 11.6. The van der Waals surface area contributed by atoms with Gasteiger partial charge in [0.2, 0.25) is 0 Å². The first-order valence-corrected chi connectivity index (χ1v) is 6.74. The van der Waals surface area contributed by atoms with Crippen LogP contribution >= 0.6 is 0 Å². The number of hydrogen-bond acceptors (Lipinski definition) is 3. The van der Waals surface area contributed by atoms with Crippen LogP contribution in [0.5, 0.6) is 0 Å². The van der Waals surface area contributed by atoms with Crippen LogP contribution in [0.1, 0.15) is 18.9 Å². The van der Waals surface area contributed by atoms with Gasteiger partial charge in [-0.05, 0) is 38.4 Å². The van der Waals surface area contributed by atoms with Crippen molar-refractivity contribution in [3.8, 4) is 0 Å². The molecule has 1 fully saturated rings. The molecule has 1 N–H and O–H groups in total. The van der Waals surface area contributed by atoms with E-state index < -0.39 is 0 Å². The molecule has 0 aromatic heterocycles. The Kier molecular flexibility index (Phi) is 4.61. The smallest absolute Gasteiger partial charge is 0.0503 e. The minimum absolute atomic E-state index is 0.564. The Balaban J connectivity index is 2.00. The van der Waals surface area contributed by atoms with Crippen molar-refractivity contribution in [2.24, 2.45) is 0 Å². The minimum Gasteiger partial charge on any atom is -0.384 e. The number of para-hydroxylation sites is 1. The zero-order chi connectivity index (χ0) is 13.0. The SMILES string of the molecule is COCCc1ccccc1NC1CC(C)N(C)C1. The highest BCUT2D eigenvalue weighted by molar-refractivity contribution is 5.52. The van der Waals surface area contributed by atoms with E-state index in [4.69, 9.17) is 4.74 Å². The van der Waals surface area contributed by atoms with Gasteiger partial charge in [-0.2, -0.15) is 0 Å². The Morgan fingerprint density at radius 1 is 1.39 bits per heavy atom. The topological polar surface area (TPSA) is 24.5 Å². The molecule has 0 radical (unpaired) electrons. The fraction of sp³-hybridized carbons (Fsp3) is 0.600. The summed E-state index contributed by atoms with van der Waals surface area (Å²) in [6, 6.07) is 9.79. The Morgan fingerprint density at radius 3 is 2.83 bits per heavy atom. The summed E-state index contributed by atoms with van der Waals surface area (Å²) < 4.78 is 5.17. The van der Waals surface area contributed by atoms with Gasteiger partial charge in [-0.25, -0.2) is 0 Å². The molecule has 100 valence electrons. The molecule has 1 aromatic carbocycles. The van der Waals surface area contributed by atoms with Gasteiger partial charge in [0.25, 0.3) is 0 Å². The summed E-state index contributed by atoms with van der Waals surface area (Å²) in [6.07, 6.45) is 2.19. The Bertz CT molecular complexity index is 371. The molecule has 3 nitrogen and oxygen atoms in total. The molecule has 0 spiro atoms. The standard InChI is InChI=1S/C15H24N2O/c1-12-10-14(11-17(12)2)16-15-7-5-4-6-13(15)8-9-18-3/h4-7,12,14,16H,8-11H2,1-3H3. The van der Waals surface area contributed by atoms with Gasteiger partial charge in [-0.1, -0.05) is 18.2 Å². The molecule has 18 heavy (non-hydrogen) atoms. The van der Waals surface area contributed by atoms with Crippen LogP contribution in [0.15, 0.2) is 24.3 Å². The molecule has 2 unspecified atom stereocenters. The summed E-state index contributed by atoms with van der Waals surface area (Å²) in [6.45, 7) is 4.19. The van der Waals surface area contributed by atoms with E-state index in [-0.39, 0.29) is 0 Å². The molecular weight excluding hydrogens is 224 g/mol. The van der Waals surface area contributed by atoms with Crippen molar-refractivity contribution in [2.45, 2.75) is 31.8 Å². The lowest BCUT2D eigenvalue weighted by molar-refractivity contribution is 0.202. The molecule has 2 rings (SSSR count). The first kappa shape index (κ1) is 13.4. The largest absolute Gasteiger partial charge is 0.384 e. The maximum atomic E-state index is 5.17. The van der Waals surface area contributed by atoms with E-state index in [9.17, 15) is 0 Å². The van der Waals surface area contributed by atoms with E-state index in [0.717, 1.165) is 19.6 Å². The van der Waals surface area contributed by atoms with Gasteiger partial charge in [0, 0.05) is 31.4 Å². The Hall–Kier alpha value is -1.06. The van der Waals surface area contributed by atoms with Gasteiger partial charge in [-0.15, -0.1) is 0 Å². The Labute approximate surface area is 110 Å². The normalized spacial score (nSPS) is 24.4. The average Bonchev–Trinajstić information content (AvgIpc) is 2.67. The number of rotatable bonds is 5. The van der Waals surface area contributed by atoms with Crippen molar-refractivity contribution in [3.05, 3.63) is 29.8 Å². The lowest BCUT2D eigenvalue weighted by atomic mass is 10.1. The third-order valence-corrected chi connectivity index (χ3v) is 3.84. The lowest BCUT2D eigenvalue weighted by Crippen LogP contribution is -2.25. The van der Waals surface area contributed by atoms with Crippen LogP contribution < -0.4 is 5.32 Å². The molecule has 1 saturated heterocycles. The van der Waals surface area contributed by atoms with Gasteiger partial charge in [0.05, 0.1) is 6.61 Å². The van der Waals surface area contributed by atoms with Crippen molar-refractivity contribution in [1.82, 2.24) is 4.90 Å². The molecule has 1 aliphatic heterocycles. The van der Waals surface area contributed by atoms with Crippen LogP contribution in [0.25, 0.3) is 0 Å². The van der Waals surface area contributed by atoms with Crippen LogP contribution in [0.3, 0.4) is 0 Å². The molecule has 1 heterocycles. The minimum atomic E-state index is 0.564. The number of likely N-dealkylation sites (N-methyl/N-ethyl adjacent to an activating group) is 1. The number of hydrogen-bond donors (Lipinski definition) is 1. The third-order valence-electron chi connectivity index (χ3n) is 3.84. The van der Waals surface area contributed by atoms with Crippen LogP contribution in [0.4, 0.5) is 5.69 Å². The summed E-state index contributed by atoms with van der Waals surface area (Å²) in [5.74, 6) is 0. The van der Waals surface area contributed by atoms with Crippen LogP contribution in [-0.2, 0) is 11.2 Å². The predicted molar refractivity (Wildman–Crippen MR) is 76.1 cm³/mol. The molecule has 3 heteroatoms. The second-order valence-electron chi connectivity index (χ2n) is 5.27. The van der Waals surface area contributed by atoms with E-state index >= 15 is 0 Å². The molecule has 0 saturated carbocycles. The number of nitrogens with zero attached hydrogens (tertiary/aromatic N) is 1. The third kappa shape index (κ3) is 3.24. The Morgan fingerprint density at radius 2 is 2.17 bits per heavy atom. The van der Waals surface area contributed by atoms with Crippen molar-refractivity contribution in [2.75, 3.05) is 32.6 Å². The van der Waals surface area contributed by atoms with Gasteiger partial charge in [0.1, 0.15) is 0 Å². The molecule has 0 bridgehead atoms. The van der Waals surface area contributed by atoms with Gasteiger partial charge < -0.3 is 15.0 Å². The summed E-state index contributed by atoms with van der Waals surface area (Å²) >= 11 is 0. The summed E-state index contributed by atoms with van der Waals surface area (Å²) in [5.41, 5.74) is 2.61. The van der Waals surface area contributed by atoms with Gasteiger partial charge >= 0.3 is 0 Å². The summed E-state index contributed by atoms with van der Waals surface area (Å²) in [7, 11) is 3.95. The van der Waals surface area contributed by atoms with Crippen molar-refractivity contribution < 1.29 is 4.74 Å². The van der Waals surface area contributed by atoms with E-state index in [2.05, 4.69) is 48.5 Å². The van der Waals surface area contributed by atoms with E-state index in [1.54, 1.807) is 7.11 Å². The molecule has 0 aliphatic carbocycles. The van der Waals surface area contributed by atoms with Gasteiger partial charge in [0.15, 0.2) is 0 Å². The van der Waals surface area contributed by atoms with Crippen molar-refractivity contribution >= 4 is 5.69 Å². The van der Waals surface area contributed by atoms with E-state index in [0.29, 0.717) is 12.1 Å². The predicted octanol–water partition coefficient (Wildman–Crippen LogP) is 2.38. The molecule has 0 amide bonds. The number of anilines is 1. The maximum Gasteiger partial charge on any atom is 0.0503 e. The monoisotopic (exact) mass is 248 g/mol. The first-order valence-electron chi connectivity index (χ1n) is 6.74. The first-order chi connectivity index (χ1) is 8.70. The fourth-order valence-electron chi connectivity index (χ4n) is 2.61. The van der Waals surface area contributed by atoms with E-state index in [1.165, 1.54) is 17.7 Å². The highest BCUT2D eigenvalue weighted by Gasteiger charge is 2.26. The summed E-state index contributed by atoms with van der Waals surface area (Å²) in [5, 5.41) is 3.68. The summed E-state index contributed by atoms with van der Waals surface area (Å²) in [4.78, 5) is 2.41. The quantitative estimate of drug-likeness (QED) is 0.866. The van der Waals surface area contributed by atoms with Crippen LogP contribution in [0.2, 0.25) is 0 Å². The lowest BCUT2D eigenvalue weighted by Gasteiger charge is -2.17. The molecule has 2 atom stereocenters. The van der Waals surface area contributed by atoms with Crippen molar-refractivity contribution in [1.29, 1.82) is 0 Å². The number of likely N-dealkylation sites (tertiary alicyclic amines) is 1. The highest BCUT2D eigenvalue weighted by atomic mass is 16.5. The molecular formula is C15H24N2O. The van der Waals surface area contributed by atoms with Gasteiger partial charge in [-0.3, -0.25) is 0 Å². The molecule has 1 aliphatic rings. The number of nitrogens with one attached hydrogen (secondary N) is 1. The fourth-order valence-corrected chi connectivity index (χ4v) is 2.61. The van der Waals surface area contributed by atoms with E-state index in [1.807, 2.05) is 0 Å². The number of methoxy groups -OCH3 is 1. The second-order valence-corrected chi connectivity index (χ2v) is 5.27. The van der Waals surface area contributed by atoms with Crippen molar-refractivity contribution in [3.63, 3.8) is 0 Å². The van der Waals surface area contributed by atoms with Crippen LogP contribution in [-0.4, -0.2) is 44.3 Å². The molecule has 1 aromatic rings. The number of benzene rings is 1. The van der Waals surface area contributed by atoms with Crippen LogP contribution in [0, 0.1) is 0 Å². The second kappa shape index (κ2) is 6.21. The number of ether oxygens (including phenoxy) is 1.